The molecule has 2 unspecified atom stereocenters. The lowest BCUT2D eigenvalue weighted by atomic mass is 10.1. The van der Waals surface area contributed by atoms with E-state index in [2.05, 4.69) is 11.4 Å². The number of aromatic nitrogens is 1. The smallest absolute Gasteiger partial charge is 0.228 e. The third-order valence-corrected chi connectivity index (χ3v) is 5.60. The van der Waals surface area contributed by atoms with Crippen molar-refractivity contribution in [2.24, 2.45) is 5.92 Å². The molecule has 3 heterocycles. The van der Waals surface area contributed by atoms with Crippen LogP contribution in [0.15, 0.2) is 24.3 Å². The molecule has 6 heteroatoms. The number of likely N-dealkylation sites (tertiary alicyclic amines) is 1. The van der Waals surface area contributed by atoms with Gasteiger partial charge in [0.2, 0.25) is 11.8 Å². The molecule has 2 aliphatic heterocycles. The van der Waals surface area contributed by atoms with E-state index in [1.165, 1.54) is 0 Å². The molecule has 1 aromatic carbocycles. The number of fused-ring (bicyclic) bond motifs is 1. The molecule has 2 fully saturated rings. The van der Waals surface area contributed by atoms with Crippen molar-refractivity contribution in [2.45, 2.75) is 25.3 Å². The van der Waals surface area contributed by atoms with Gasteiger partial charge in [-0.3, -0.25) is 9.59 Å². The third-order valence-electron chi connectivity index (χ3n) is 4.46. The third kappa shape index (κ3) is 2.27. The van der Waals surface area contributed by atoms with Crippen molar-refractivity contribution < 1.29 is 9.59 Å². The van der Waals surface area contributed by atoms with Gasteiger partial charge in [0.25, 0.3) is 0 Å². The summed E-state index contributed by atoms with van der Waals surface area (Å²) in [4.78, 5) is 30.7. The number of benzene rings is 1. The predicted octanol–water partition coefficient (Wildman–Crippen LogP) is 2.10. The van der Waals surface area contributed by atoms with Crippen molar-refractivity contribution >= 4 is 33.4 Å². The van der Waals surface area contributed by atoms with Gasteiger partial charge >= 0.3 is 0 Å². The molecule has 2 amide bonds. The Morgan fingerprint density at radius 2 is 2.23 bits per heavy atom. The summed E-state index contributed by atoms with van der Waals surface area (Å²) in [6, 6.07) is 8.14. The molecule has 2 saturated heterocycles. The van der Waals surface area contributed by atoms with Gasteiger partial charge in [0.05, 0.1) is 22.2 Å². The van der Waals surface area contributed by atoms with Gasteiger partial charge < -0.3 is 10.2 Å². The first-order valence-electron chi connectivity index (χ1n) is 7.65. The number of nitrogens with one attached hydrogen (secondary N) is 1. The molecule has 0 bridgehead atoms. The Morgan fingerprint density at radius 1 is 1.36 bits per heavy atom. The molecular weight excluding hydrogens is 298 g/mol. The maximum atomic E-state index is 12.7. The Kier molecular flexibility index (Phi) is 3.33. The minimum absolute atomic E-state index is 0.0194. The van der Waals surface area contributed by atoms with Gasteiger partial charge in [-0.2, -0.15) is 0 Å². The predicted molar refractivity (Wildman–Crippen MR) is 84.4 cm³/mol. The maximum absolute atomic E-state index is 12.7. The van der Waals surface area contributed by atoms with Gasteiger partial charge in [0, 0.05) is 19.5 Å². The lowest BCUT2D eigenvalue weighted by Crippen LogP contribution is -2.36. The molecule has 1 aromatic heterocycles. The lowest BCUT2D eigenvalue weighted by molar-refractivity contribution is -0.136. The number of rotatable bonds is 2. The summed E-state index contributed by atoms with van der Waals surface area (Å²) in [5.74, 6) is -0.128. The van der Waals surface area contributed by atoms with Crippen LogP contribution < -0.4 is 5.32 Å². The molecular formula is C16H17N3O2S. The zero-order chi connectivity index (χ0) is 15.1. The van der Waals surface area contributed by atoms with Gasteiger partial charge in [0.15, 0.2) is 0 Å². The average molecular weight is 315 g/mol. The highest BCUT2D eigenvalue weighted by Gasteiger charge is 2.38. The van der Waals surface area contributed by atoms with Crippen LogP contribution in [0.5, 0.6) is 0 Å². The lowest BCUT2D eigenvalue weighted by Gasteiger charge is -2.25. The summed E-state index contributed by atoms with van der Waals surface area (Å²) in [6.07, 6.45) is 2.28. The quantitative estimate of drug-likeness (QED) is 0.923. The summed E-state index contributed by atoms with van der Waals surface area (Å²) < 4.78 is 1.16. The molecule has 114 valence electrons. The molecule has 0 saturated carbocycles. The topological polar surface area (TPSA) is 62.3 Å². The van der Waals surface area contributed by atoms with Crippen molar-refractivity contribution in [1.82, 2.24) is 15.2 Å². The van der Waals surface area contributed by atoms with Crippen LogP contribution in [0.4, 0.5) is 0 Å². The number of carbonyl (C=O) groups is 2. The van der Waals surface area contributed by atoms with Crippen LogP contribution in [0.25, 0.3) is 10.2 Å². The van der Waals surface area contributed by atoms with Crippen molar-refractivity contribution in [3.8, 4) is 0 Å². The largest absolute Gasteiger partial charge is 0.355 e. The Labute approximate surface area is 132 Å². The van der Waals surface area contributed by atoms with E-state index in [9.17, 15) is 9.59 Å². The highest BCUT2D eigenvalue weighted by molar-refractivity contribution is 7.18. The average Bonchev–Trinajstić information content (AvgIpc) is 3.24. The molecule has 0 radical (unpaired) electrons. The van der Waals surface area contributed by atoms with E-state index in [1.807, 2.05) is 23.1 Å². The zero-order valence-electron chi connectivity index (χ0n) is 12.1. The van der Waals surface area contributed by atoms with Crippen LogP contribution >= 0.6 is 11.3 Å². The minimum atomic E-state index is -0.206. The molecule has 2 aliphatic rings. The Morgan fingerprint density at radius 3 is 3.00 bits per heavy atom. The Bertz CT molecular complexity index is 709. The van der Waals surface area contributed by atoms with E-state index < -0.39 is 0 Å². The minimum Gasteiger partial charge on any atom is -0.355 e. The second-order valence-corrected chi connectivity index (χ2v) is 6.98. The summed E-state index contributed by atoms with van der Waals surface area (Å²) in [5, 5.41) is 3.77. The van der Waals surface area contributed by atoms with Crippen LogP contribution in [-0.4, -0.2) is 34.8 Å². The molecule has 2 aromatic rings. The first kappa shape index (κ1) is 13.7. The van der Waals surface area contributed by atoms with Crippen LogP contribution in [0.3, 0.4) is 0 Å². The Hall–Kier alpha value is -1.95. The maximum Gasteiger partial charge on any atom is 0.228 e. The number of thiazole rings is 1. The normalized spacial score (nSPS) is 24.9. The zero-order valence-corrected chi connectivity index (χ0v) is 12.9. The molecule has 4 rings (SSSR count). The second kappa shape index (κ2) is 5.35. The number of hydrogen-bond acceptors (Lipinski definition) is 4. The fourth-order valence-electron chi connectivity index (χ4n) is 3.33. The van der Waals surface area contributed by atoms with E-state index >= 15 is 0 Å². The van der Waals surface area contributed by atoms with E-state index in [0.29, 0.717) is 13.0 Å². The van der Waals surface area contributed by atoms with E-state index in [1.54, 1.807) is 11.3 Å². The SMILES string of the molecule is O=C1CC(C(=O)N2CCCC2c2nc3ccccc3s2)CN1. The fraction of sp³-hybridized carbons (Fsp3) is 0.438. The van der Waals surface area contributed by atoms with E-state index in [0.717, 1.165) is 34.6 Å². The summed E-state index contributed by atoms with van der Waals surface area (Å²) in [7, 11) is 0. The molecule has 5 nitrogen and oxygen atoms in total. The number of para-hydroxylation sites is 1. The van der Waals surface area contributed by atoms with Gasteiger partial charge in [-0.25, -0.2) is 4.98 Å². The molecule has 22 heavy (non-hydrogen) atoms. The summed E-state index contributed by atoms with van der Waals surface area (Å²) >= 11 is 1.67. The number of carbonyl (C=O) groups excluding carboxylic acids is 2. The van der Waals surface area contributed by atoms with Gasteiger partial charge in [-0.1, -0.05) is 12.1 Å². The first-order chi connectivity index (χ1) is 10.7. The van der Waals surface area contributed by atoms with Crippen LogP contribution in [-0.2, 0) is 9.59 Å². The first-order valence-corrected chi connectivity index (χ1v) is 8.46. The standard InChI is InChI=1S/C16H17N3O2S/c20-14-8-10(9-17-14)16(21)19-7-3-5-12(19)15-18-11-4-1-2-6-13(11)22-15/h1-2,4,6,10,12H,3,5,7-9H2,(H,17,20). The number of amides is 2. The highest BCUT2D eigenvalue weighted by Crippen LogP contribution is 2.37. The van der Waals surface area contributed by atoms with Crippen LogP contribution in [0.2, 0.25) is 0 Å². The Balaban J connectivity index is 1.60. The van der Waals surface area contributed by atoms with Crippen molar-refractivity contribution in [3.05, 3.63) is 29.3 Å². The number of hydrogen-bond donors (Lipinski definition) is 1. The van der Waals surface area contributed by atoms with Crippen LogP contribution in [0.1, 0.15) is 30.3 Å². The van der Waals surface area contributed by atoms with Crippen molar-refractivity contribution in [2.75, 3.05) is 13.1 Å². The van der Waals surface area contributed by atoms with Crippen molar-refractivity contribution in [3.63, 3.8) is 0 Å². The molecule has 0 aliphatic carbocycles. The molecule has 0 spiro atoms. The van der Waals surface area contributed by atoms with E-state index in [-0.39, 0.29) is 23.8 Å². The van der Waals surface area contributed by atoms with Crippen molar-refractivity contribution in [1.29, 1.82) is 0 Å². The van der Waals surface area contributed by atoms with Gasteiger partial charge in [0.1, 0.15) is 5.01 Å². The van der Waals surface area contributed by atoms with Gasteiger partial charge in [-0.15, -0.1) is 11.3 Å². The summed E-state index contributed by atoms with van der Waals surface area (Å²) in [6.45, 7) is 1.24. The fourth-order valence-corrected chi connectivity index (χ4v) is 4.45. The monoisotopic (exact) mass is 315 g/mol. The molecule has 2 atom stereocenters. The second-order valence-electron chi connectivity index (χ2n) is 5.91. The van der Waals surface area contributed by atoms with Crippen LogP contribution in [0, 0.1) is 5.92 Å². The summed E-state index contributed by atoms with van der Waals surface area (Å²) in [5.41, 5.74) is 1.000. The number of nitrogens with zero attached hydrogens (tertiary/aromatic N) is 2. The van der Waals surface area contributed by atoms with E-state index in [4.69, 9.17) is 4.98 Å². The van der Waals surface area contributed by atoms with Gasteiger partial charge in [-0.05, 0) is 25.0 Å². The molecule has 1 N–H and O–H groups in total. The highest BCUT2D eigenvalue weighted by atomic mass is 32.1.